The predicted molar refractivity (Wildman–Crippen MR) is 148 cm³/mol. The highest BCUT2D eigenvalue weighted by Crippen LogP contribution is 2.31. The Balaban J connectivity index is 1.65. The van der Waals surface area contributed by atoms with Gasteiger partial charge in [0.1, 0.15) is 11.5 Å². The van der Waals surface area contributed by atoms with E-state index in [4.69, 9.17) is 20.9 Å². The number of carbonyl (C=O) groups excluding carboxylic acids is 3. The van der Waals surface area contributed by atoms with Crippen LogP contribution in [0.2, 0.25) is 0 Å². The number of hydrogen-bond acceptors (Lipinski definition) is 9. The second-order valence-corrected chi connectivity index (χ2v) is 8.95. The van der Waals surface area contributed by atoms with Gasteiger partial charge in [0, 0.05) is 59.4 Å². The average molecular weight is 571 g/mol. The maximum atomic E-state index is 12.9. The van der Waals surface area contributed by atoms with Crippen molar-refractivity contribution in [3.8, 4) is 11.5 Å². The number of amides is 2. The molecule has 0 spiro atoms. The van der Waals surface area contributed by atoms with Gasteiger partial charge >= 0.3 is 6.16 Å². The van der Waals surface area contributed by atoms with E-state index in [2.05, 4.69) is 0 Å². The largest absolute Gasteiger partial charge is 0.519 e. The summed E-state index contributed by atoms with van der Waals surface area (Å²) in [5.74, 6) is -1.59. The monoisotopic (exact) mass is 570 g/mol. The lowest BCUT2D eigenvalue weighted by atomic mass is 9.98. The van der Waals surface area contributed by atoms with Crippen LogP contribution in [0.25, 0.3) is 0 Å². The van der Waals surface area contributed by atoms with Crippen molar-refractivity contribution < 1.29 is 33.7 Å². The molecular formula is C29H22N4O9. The second-order valence-electron chi connectivity index (χ2n) is 8.95. The molecule has 0 aliphatic rings. The van der Waals surface area contributed by atoms with Crippen molar-refractivity contribution in [1.82, 2.24) is 0 Å². The lowest BCUT2D eigenvalue weighted by molar-refractivity contribution is -0.385. The summed E-state index contributed by atoms with van der Waals surface area (Å²) < 4.78 is 10.8. The summed E-state index contributed by atoms with van der Waals surface area (Å²) in [6.07, 6.45) is -1.34. The highest BCUT2D eigenvalue weighted by atomic mass is 16.7. The first-order chi connectivity index (χ1) is 20.0. The smallest absolute Gasteiger partial charge is 0.394 e. The Hall–Kier alpha value is -6.11. The van der Waals surface area contributed by atoms with E-state index in [9.17, 15) is 34.6 Å². The van der Waals surface area contributed by atoms with E-state index in [1.165, 1.54) is 36.4 Å². The number of nitrogens with two attached hydrogens (primary N) is 2. The van der Waals surface area contributed by atoms with Gasteiger partial charge < -0.3 is 20.9 Å². The third-order valence-corrected chi connectivity index (χ3v) is 6.22. The number of rotatable bonds is 10. The quantitative estimate of drug-likeness (QED) is 0.119. The van der Waals surface area contributed by atoms with Crippen molar-refractivity contribution in [1.29, 1.82) is 0 Å². The summed E-state index contributed by atoms with van der Waals surface area (Å²) in [7, 11) is 0. The van der Waals surface area contributed by atoms with Gasteiger partial charge in [-0.2, -0.15) is 0 Å². The van der Waals surface area contributed by atoms with Gasteiger partial charge in [0.05, 0.1) is 9.85 Å². The van der Waals surface area contributed by atoms with E-state index in [0.717, 1.165) is 12.1 Å². The molecule has 13 heteroatoms. The number of nitro benzene ring substituents is 2. The summed E-state index contributed by atoms with van der Waals surface area (Å²) >= 11 is 0. The molecule has 0 saturated heterocycles. The van der Waals surface area contributed by atoms with E-state index >= 15 is 0 Å². The maximum Gasteiger partial charge on any atom is 0.519 e. The van der Waals surface area contributed by atoms with Crippen LogP contribution in [-0.2, 0) is 12.8 Å². The van der Waals surface area contributed by atoms with Gasteiger partial charge in [-0.05, 0) is 35.4 Å². The third kappa shape index (κ3) is 6.71. The zero-order valence-corrected chi connectivity index (χ0v) is 21.7. The minimum atomic E-state index is -1.24. The lowest BCUT2D eigenvalue weighted by Gasteiger charge is -2.14. The van der Waals surface area contributed by atoms with E-state index in [1.807, 2.05) is 0 Å². The number of nitrogens with zero attached hydrogens (tertiary/aromatic N) is 2. The Morgan fingerprint density at radius 1 is 0.595 bits per heavy atom. The molecule has 4 aromatic rings. The molecule has 4 rings (SSSR count). The van der Waals surface area contributed by atoms with Crippen molar-refractivity contribution in [3.05, 3.63) is 139 Å². The van der Waals surface area contributed by atoms with Crippen molar-refractivity contribution in [2.45, 2.75) is 12.8 Å². The summed E-state index contributed by atoms with van der Waals surface area (Å²) in [5.41, 5.74) is 12.0. The molecule has 0 fully saturated rings. The van der Waals surface area contributed by atoms with Crippen LogP contribution in [0.1, 0.15) is 43.0 Å². The highest BCUT2D eigenvalue weighted by molar-refractivity contribution is 5.95. The number of non-ortho nitro benzene ring substituents is 2. The minimum Gasteiger partial charge on any atom is -0.394 e. The van der Waals surface area contributed by atoms with Crippen molar-refractivity contribution in [3.63, 3.8) is 0 Å². The maximum absolute atomic E-state index is 12.9. The number of benzene rings is 4. The molecule has 2 amide bonds. The number of primary amides is 2. The molecule has 0 aliphatic carbocycles. The first-order valence-corrected chi connectivity index (χ1v) is 12.2. The molecule has 0 heterocycles. The lowest BCUT2D eigenvalue weighted by Crippen LogP contribution is -2.17. The Morgan fingerprint density at radius 2 is 0.976 bits per heavy atom. The van der Waals surface area contributed by atoms with Gasteiger partial charge in [0.25, 0.3) is 11.4 Å². The molecule has 0 aliphatic heterocycles. The average Bonchev–Trinajstić information content (AvgIpc) is 2.95. The summed E-state index contributed by atoms with van der Waals surface area (Å²) in [4.78, 5) is 58.2. The van der Waals surface area contributed by atoms with Crippen LogP contribution in [0.3, 0.4) is 0 Å². The second kappa shape index (κ2) is 12.4. The summed E-state index contributed by atoms with van der Waals surface area (Å²) in [5, 5.41) is 22.8. The van der Waals surface area contributed by atoms with E-state index in [0.29, 0.717) is 11.1 Å². The molecule has 0 unspecified atom stereocenters. The topological polar surface area (TPSA) is 208 Å². The van der Waals surface area contributed by atoms with Gasteiger partial charge in [0.2, 0.25) is 11.8 Å². The Labute approximate surface area is 237 Å². The molecule has 212 valence electrons. The van der Waals surface area contributed by atoms with Crippen molar-refractivity contribution >= 4 is 29.3 Å². The van der Waals surface area contributed by atoms with Crippen molar-refractivity contribution in [2.75, 3.05) is 0 Å². The molecule has 0 radical (unpaired) electrons. The number of hydrogen-bond donors (Lipinski definition) is 2. The molecule has 13 nitrogen and oxygen atoms in total. The third-order valence-electron chi connectivity index (χ3n) is 6.22. The first kappa shape index (κ1) is 28.9. The highest BCUT2D eigenvalue weighted by Gasteiger charge is 2.21. The van der Waals surface area contributed by atoms with E-state index < -0.39 is 27.8 Å². The van der Waals surface area contributed by atoms with Gasteiger partial charge in [-0.3, -0.25) is 29.8 Å². The fourth-order valence-electron chi connectivity index (χ4n) is 4.27. The Bertz CT molecular complexity index is 1610. The number of ether oxygens (including phenoxy) is 2. The van der Waals surface area contributed by atoms with Crippen LogP contribution < -0.4 is 20.9 Å². The zero-order valence-electron chi connectivity index (χ0n) is 21.7. The van der Waals surface area contributed by atoms with E-state index in [-0.39, 0.29) is 58.0 Å². The standard InChI is InChI=1S/C29H22N4O9/c30-27(34)23-7-3-1-5-17(23)13-19-15-21(32(37)38)9-11-25(19)41-29(36)42-26-12-10-22(33(39)40)16-20(26)14-18-6-2-4-8-24(18)28(31)35/h1-12,15-16H,13-14H2,(H2,30,34)(H2,31,35). The van der Waals surface area contributed by atoms with Crippen LogP contribution in [-0.4, -0.2) is 27.8 Å². The SMILES string of the molecule is NC(=O)c1ccccc1Cc1cc([N+](=O)[O-])ccc1OC(=O)Oc1ccc([N+](=O)[O-])cc1Cc1ccccc1C(N)=O. The van der Waals surface area contributed by atoms with Gasteiger partial charge in [-0.15, -0.1) is 0 Å². The normalized spacial score (nSPS) is 10.5. The zero-order chi connectivity index (χ0) is 30.4. The van der Waals surface area contributed by atoms with E-state index in [1.54, 1.807) is 36.4 Å². The van der Waals surface area contributed by atoms with Crippen LogP contribution in [0, 0.1) is 20.2 Å². The van der Waals surface area contributed by atoms with Crippen LogP contribution in [0.5, 0.6) is 11.5 Å². The Morgan fingerprint density at radius 3 is 1.33 bits per heavy atom. The van der Waals surface area contributed by atoms with Gasteiger partial charge in [-0.1, -0.05) is 36.4 Å². The molecule has 0 aromatic heterocycles. The fraction of sp³-hybridized carbons (Fsp3) is 0.0690. The van der Waals surface area contributed by atoms with Crippen molar-refractivity contribution in [2.24, 2.45) is 11.5 Å². The van der Waals surface area contributed by atoms with Gasteiger partial charge in [-0.25, -0.2) is 4.79 Å². The molecule has 4 N–H and O–H groups in total. The first-order valence-electron chi connectivity index (χ1n) is 12.2. The molecule has 4 aromatic carbocycles. The predicted octanol–water partition coefficient (Wildman–Crippen LogP) is 4.46. The molecular weight excluding hydrogens is 548 g/mol. The van der Waals surface area contributed by atoms with Crippen LogP contribution >= 0.6 is 0 Å². The van der Waals surface area contributed by atoms with Crippen LogP contribution in [0.4, 0.5) is 16.2 Å². The molecule has 0 atom stereocenters. The number of carbonyl (C=O) groups is 3. The summed E-state index contributed by atoms with van der Waals surface area (Å²) in [6, 6.07) is 19.8. The molecule has 0 saturated carbocycles. The minimum absolute atomic E-state index is 0.0455. The molecule has 42 heavy (non-hydrogen) atoms. The number of nitro groups is 2. The van der Waals surface area contributed by atoms with Gasteiger partial charge in [0.15, 0.2) is 0 Å². The Kier molecular flexibility index (Phi) is 8.52. The molecule has 0 bridgehead atoms. The van der Waals surface area contributed by atoms with Crippen LogP contribution in [0.15, 0.2) is 84.9 Å². The summed E-state index contributed by atoms with van der Waals surface area (Å²) in [6.45, 7) is 0. The fourth-order valence-corrected chi connectivity index (χ4v) is 4.27.